The fourth-order valence-corrected chi connectivity index (χ4v) is 4.85. The van der Waals surface area contributed by atoms with Crippen LogP contribution in [0.2, 0.25) is 0 Å². The van der Waals surface area contributed by atoms with Crippen LogP contribution in [-0.2, 0) is 17.6 Å². The highest BCUT2D eigenvalue weighted by Gasteiger charge is 2.38. The standard InChI is InChI=1S/C28H27BrN4O4/c1-18-25(32-26(37-18)20-5-3-2-4-6-20)11-12-36-23-9-7-19(8-10-23)13-21-16-33(17-24(21)27(34)35)28-30-14-22(29)15-31-28/h2-10,14-15,21,24H,11-13,16-17H2,1H3,(H,34,35)/t21-,24+/m1/s1. The van der Waals surface area contributed by atoms with Crippen LogP contribution in [0.3, 0.4) is 0 Å². The molecule has 3 heterocycles. The Morgan fingerprint density at radius 3 is 2.54 bits per heavy atom. The third-order valence-corrected chi connectivity index (χ3v) is 7.00. The van der Waals surface area contributed by atoms with Crippen molar-refractivity contribution in [1.82, 2.24) is 15.0 Å². The van der Waals surface area contributed by atoms with E-state index in [1.54, 1.807) is 12.4 Å². The minimum absolute atomic E-state index is 0.0366. The van der Waals surface area contributed by atoms with Gasteiger partial charge in [0, 0.05) is 37.5 Å². The lowest BCUT2D eigenvalue weighted by molar-refractivity contribution is -0.142. The van der Waals surface area contributed by atoms with Crippen molar-refractivity contribution in [3.63, 3.8) is 0 Å². The molecule has 2 aromatic carbocycles. The van der Waals surface area contributed by atoms with Crippen LogP contribution in [0.25, 0.3) is 11.5 Å². The lowest BCUT2D eigenvalue weighted by Gasteiger charge is -2.16. The molecule has 1 N–H and O–H groups in total. The van der Waals surface area contributed by atoms with Gasteiger partial charge in [0.2, 0.25) is 11.8 Å². The predicted octanol–water partition coefficient (Wildman–Crippen LogP) is 5.20. The molecule has 9 heteroatoms. The summed E-state index contributed by atoms with van der Waals surface area (Å²) in [5.74, 6) is 1.43. The van der Waals surface area contributed by atoms with Gasteiger partial charge in [-0.1, -0.05) is 30.3 Å². The Labute approximate surface area is 223 Å². The molecule has 2 atom stereocenters. The van der Waals surface area contributed by atoms with E-state index in [0.717, 1.165) is 32.8 Å². The molecule has 0 bridgehead atoms. The van der Waals surface area contributed by atoms with Crippen LogP contribution in [0.4, 0.5) is 5.95 Å². The number of hydrogen-bond acceptors (Lipinski definition) is 7. The molecule has 8 nitrogen and oxygen atoms in total. The summed E-state index contributed by atoms with van der Waals surface area (Å²) in [4.78, 5) is 27.2. The first-order valence-corrected chi connectivity index (χ1v) is 12.9. The number of oxazole rings is 1. The van der Waals surface area contributed by atoms with Crippen LogP contribution in [0.5, 0.6) is 5.75 Å². The van der Waals surface area contributed by atoms with Crippen LogP contribution in [0.15, 0.2) is 75.9 Å². The summed E-state index contributed by atoms with van der Waals surface area (Å²) in [6.07, 6.45) is 4.65. The largest absolute Gasteiger partial charge is 0.493 e. The highest BCUT2D eigenvalue weighted by atomic mass is 79.9. The van der Waals surface area contributed by atoms with Gasteiger partial charge in [-0.05, 0) is 65.0 Å². The van der Waals surface area contributed by atoms with Crippen LogP contribution < -0.4 is 9.64 Å². The van der Waals surface area contributed by atoms with E-state index in [1.165, 1.54) is 0 Å². The van der Waals surface area contributed by atoms with E-state index in [1.807, 2.05) is 66.4 Å². The van der Waals surface area contributed by atoms with Crippen molar-refractivity contribution >= 4 is 27.8 Å². The van der Waals surface area contributed by atoms with Crippen molar-refractivity contribution in [2.45, 2.75) is 19.8 Å². The number of aryl methyl sites for hydroxylation is 1. The summed E-state index contributed by atoms with van der Waals surface area (Å²) in [5, 5.41) is 9.78. The Hall–Kier alpha value is -3.72. The minimum atomic E-state index is -0.789. The van der Waals surface area contributed by atoms with Crippen LogP contribution in [0.1, 0.15) is 17.0 Å². The molecule has 37 heavy (non-hydrogen) atoms. The lowest BCUT2D eigenvalue weighted by Crippen LogP contribution is -2.24. The molecule has 1 fully saturated rings. The van der Waals surface area contributed by atoms with E-state index >= 15 is 0 Å². The first kappa shape index (κ1) is 25.0. The maximum Gasteiger partial charge on any atom is 0.308 e. The van der Waals surface area contributed by atoms with Gasteiger partial charge in [0.05, 0.1) is 22.7 Å². The number of carbonyl (C=O) groups is 1. The van der Waals surface area contributed by atoms with Crippen molar-refractivity contribution in [1.29, 1.82) is 0 Å². The average Bonchev–Trinajstić information content (AvgIpc) is 3.50. The van der Waals surface area contributed by atoms with Gasteiger partial charge in [0.1, 0.15) is 11.5 Å². The van der Waals surface area contributed by atoms with E-state index in [4.69, 9.17) is 9.15 Å². The molecule has 1 aliphatic heterocycles. The Balaban J connectivity index is 1.16. The van der Waals surface area contributed by atoms with E-state index in [0.29, 0.717) is 44.4 Å². The first-order chi connectivity index (χ1) is 18.0. The SMILES string of the molecule is Cc1oc(-c2ccccc2)nc1CCOc1ccc(C[C@@H]2CN(c3ncc(Br)cn3)C[C@@H]2C(=O)O)cc1. The highest BCUT2D eigenvalue weighted by Crippen LogP contribution is 2.30. The zero-order chi connectivity index (χ0) is 25.8. The monoisotopic (exact) mass is 562 g/mol. The summed E-state index contributed by atoms with van der Waals surface area (Å²) in [5.41, 5.74) is 2.91. The Bertz CT molecular complexity index is 1340. The number of aliphatic carboxylic acids is 1. The molecule has 0 radical (unpaired) electrons. The fourth-order valence-electron chi connectivity index (χ4n) is 4.64. The lowest BCUT2D eigenvalue weighted by atomic mass is 9.90. The van der Waals surface area contributed by atoms with Gasteiger partial charge in [-0.3, -0.25) is 4.79 Å². The highest BCUT2D eigenvalue weighted by molar-refractivity contribution is 9.10. The van der Waals surface area contributed by atoms with Crippen LogP contribution >= 0.6 is 15.9 Å². The van der Waals surface area contributed by atoms with Crippen LogP contribution in [-0.4, -0.2) is 45.7 Å². The molecule has 2 aromatic heterocycles. The second-order valence-electron chi connectivity index (χ2n) is 9.15. The number of carboxylic acids is 1. The van der Waals surface area contributed by atoms with Crippen LogP contribution in [0, 0.1) is 18.8 Å². The van der Waals surface area contributed by atoms with Gasteiger partial charge in [-0.25, -0.2) is 15.0 Å². The molecule has 0 amide bonds. The number of ether oxygens (including phenoxy) is 1. The van der Waals surface area contributed by atoms with E-state index in [2.05, 4.69) is 30.9 Å². The third kappa shape index (κ3) is 5.99. The summed E-state index contributed by atoms with van der Waals surface area (Å²) in [6.45, 7) is 3.39. The molecule has 0 saturated carbocycles. The average molecular weight is 563 g/mol. The summed E-state index contributed by atoms with van der Waals surface area (Å²) in [6, 6.07) is 17.7. The number of benzene rings is 2. The second-order valence-corrected chi connectivity index (χ2v) is 10.1. The quantitative estimate of drug-likeness (QED) is 0.297. The number of rotatable bonds is 9. The molecule has 0 spiro atoms. The zero-order valence-corrected chi connectivity index (χ0v) is 22.0. The molecule has 4 aromatic rings. The zero-order valence-electron chi connectivity index (χ0n) is 20.4. The number of aromatic nitrogens is 3. The van der Waals surface area contributed by atoms with Gasteiger partial charge in [-0.2, -0.15) is 0 Å². The van der Waals surface area contributed by atoms with E-state index < -0.39 is 11.9 Å². The smallest absolute Gasteiger partial charge is 0.308 e. The molecule has 1 aliphatic rings. The normalized spacial score (nSPS) is 17.2. The van der Waals surface area contributed by atoms with Crippen molar-refractivity contribution in [2.75, 3.05) is 24.6 Å². The summed E-state index contributed by atoms with van der Waals surface area (Å²) < 4.78 is 12.6. The number of anilines is 1. The second kappa shape index (κ2) is 11.1. The predicted molar refractivity (Wildman–Crippen MR) is 143 cm³/mol. The molecule has 1 saturated heterocycles. The fraction of sp³-hybridized carbons (Fsp3) is 0.286. The molecule has 190 valence electrons. The molecular formula is C28H27BrN4O4. The summed E-state index contributed by atoms with van der Waals surface area (Å²) in [7, 11) is 0. The Kier molecular flexibility index (Phi) is 7.50. The van der Waals surface area contributed by atoms with Crippen molar-refractivity contribution < 1.29 is 19.1 Å². The summed E-state index contributed by atoms with van der Waals surface area (Å²) >= 11 is 3.34. The van der Waals surface area contributed by atoms with E-state index in [-0.39, 0.29) is 5.92 Å². The third-order valence-electron chi connectivity index (χ3n) is 6.59. The van der Waals surface area contributed by atoms with Crippen molar-refractivity contribution in [3.05, 3.63) is 88.5 Å². The minimum Gasteiger partial charge on any atom is -0.493 e. The number of nitrogens with zero attached hydrogens (tertiary/aromatic N) is 4. The molecule has 0 unspecified atom stereocenters. The molecule has 0 aliphatic carbocycles. The number of halogens is 1. The van der Waals surface area contributed by atoms with Gasteiger partial charge >= 0.3 is 5.97 Å². The molecular weight excluding hydrogens is 536 g/mol. The van der Waals surface area contributed by atoms with Gasteiger partial charge in [0.25, 0.3) is 0 Å². The Morgan fingerprint density at radius 2 is 1.84 bits per heavy atom. The van der Waals surface area contributed by atoms with Crippen molar-refractivity contribution in [2.24, 2.45) is 11.8 Å². The van der Waals surface area contributed by atoms with E-state index in [9.17, 15) is 9.90 Å². The van der Waals surface area contributed by atoms with Gasteiger partial charge < -0.3 is 19.2 Å². The first-order valence-electron chi connectivity index (χ1n) is 12.1. The van der Waals surface area contributed by atoms with Crippen molar-refractivity contribution in [3.8, 4) is 17.2 Å². The molecule has 5 rings (SSSR count). The Morgan fingerprint density at radius 1 is 1.11 bits per heavy atom. The number of carboxylic acid groups (broad SMARTS) is 1. The number of hydrogen-bond donors (Lipinski definition) is 1. The maximum atomic E-state index is 11.9. The van der Waals surface area contributed by atoms with Gasteiger partial charge in [0.15, 0.2) is 0 Å². The van der Waals surface area contributed by atoms with Gasteiger partial charge in [-0.15, -0.1) is 0 Å². The maximum absolute atomic E-state index is 11.9. The topological polar surface area (TPSA) is 102 Å².